The zero-order valence-electron chi connectivity index (χ0n) is 16.4. The molecule has 1 aromatic rings. The number of methoxy groups -OCH3 is 1. The molecule has 3 N–H and O–H groups in total. The van der Waals surface area contributed by atoms with Gasteiger partial charge in [-0.25, -0.2) is 13.1 Å². The minimum absolute atomic E-state index is 0. The molecule has 0 saturated carbocycles. The highest BCUT2D eigenvalue weighted by molar-refractivity contribution is 7.88. The van der Waals surface area contributed by atoms with E-state index in [9.17, 15) is 13.2 Å². The van der Waals surface area contributed by atoms with Gasteiger partial charge in [0.2, 0.25) is 10.0 Å². The second kappa shape index (κ2) is 10.5. The summed E-state index contributed by atoms with van der Waals surface area (Å²) in [4.78, 5) is 14.5. The summed E-state index contributed by atoms with van der Waals surface area (Å²) in [6.45, 7) is 3.50. The molecule has 0 aromatic heterocycles. The minimum atomic E-state index is -3.25. The van der Waals surface area contributed by atoms with Crippen molar-refractivity contribution < 1.29 is 17.9 Å². The Balaban J connectivity index is 0.00000392. The van der Waals surface area contributed by atoms with Gasteiger partial charge in [0, 0.05) is 38.0 Å². The van der Waals surface area contributed by atoms with Gasteiger partial charge < -0.3 is 15.4 Å². The average Bonchev–Trinajstić information content (AvgIpc) is 2.61. The third kappa shape index (κ3) is 6.40. The molecule has 2 rings (SSSR count). The lowest BCUT2D eigenvalue weighted by molar-refractivity contribution is -0.124. The molecule has 1 aromatic carbocycles. The number of benzene rings is 1. The number of hydrogen-bond acceptors (Lipinski definition) is 6. The normalized spacial score (nSPS) is 19.8. The maximum absolute atomic E-state index is 12.4. The van der Waals surface area contributed by atoms with Crippen molar-refractivity contribution in [3.63, 3.8) is 0 Å². The summed E-state index contributed by atoms with van der Waals surface area (Å²) in [5.74, 6) is 0.829. The summed E-state index contributed by atoms with van der Waals surface area (Å²) < 4.78 is 30.7. The molecular weight excluding hydrogens is 425 g/mol. The standard InChI is InChI=1S/C18H28ClN3O4S.ClH/c1-4-17(23)13-6-8-22(11-12(13)5-7-21-27(3,24)25)16-9-14(19)15(20)10-18(16)26-2;/h9-10,12-13,21H,4-8,11,20H2,1-3H3;1H. The largest absolute Gasteiger partial charge is 0.495 e. The first kappa shape index (κ1) is 24.8. The predicted octanol–water partition coefficient (Wildman–Crippen LogP) is 2.71. The van der Waals surface area contributed by atoms with Crippen LogP contribution < -0.4 is 20.1 Å². The number of carbonyl (C=O) groups excluding carboxylic acids is 1. The number of sulfonamides is 1. The Bertz CT molecular complexity index is 789. The first-order chi connectivity index (χ1) is 12.7. The van der Waals surface area contributed by atoms with Gasteiger partial charge in [0.25, 0.3) is 0 Å². The summed E-state index contributed by atoms with van der Waals surface area (Å²) in [6, 6.07) is 3.48. The number of carbonyl (C=O) groups is 1. The smallest absolute Gasteiger partial charge is 0.208 e. The van der Waals surface area contributed by atoms with Crippen molar-refractivity contribution in [1.29, 1.82) is 0 Å². The lowest BCUT2D eigenvalue weighted by Gasteiger charge is -2.39. The third-order valence-electron chi connectivity index (χ3n) is 5.01. The molecule has 0 aliphatic carbocycles. The fraction of sp³-hybridized carbons (Fsp3) is 0.611. The van der Waals surface area contributed by atoms with E-state index in [1.807, 2.05) is 6.92 Å². The van der Waals surface area contributed by atoms with Crippen molar-refractivity contribution in [2.45, 2.75) is 26.2 Å². The number of halogens is 2. The van der Waals surface area contributed by atoms with Gasteiger partial charge in [-0.2, -0.15) is 0 Å². The molecule has 1 heterocycles. The van der Waals surface area contributed by atoms with Crippen LogP contribution in [0.4, 0.5) is 11.4 Å². The highest BCUT2D eigenvalue weighted by Crippen LogP contribution is 2.39. The first-order valence-corrected chi connectivity index (χ1v) is 11.3. The van der Waals surface area contributed by atoms with Crippen LogP contribution in [-0.4, -0.2) is 47.2 Å². The van der Waals surface area contributed by atoms with Crippen molar-refractivity contribution >= 4 is 51.2 Å². The van der Waals surface area contributed by atoms with E-state index in [1.54, 1.807) is 19.2 Å². The summed E-state index contributed by atoms with van der Waals surface area (Å²) in [5, 5.41) is 0.452. The Hall–Kier alpha value is -1.22. The summed E-state index contributed by atoms with van der Waals surface area (Å²) in [5.41, 5.74) is 7.15. The van der Waals surface area contributed by atoms with Crippen LogP contribution in [0.3, 0.4) is 0 Å². The maximum atomic E-state index is 12.4. The molecule has 0 radical (unpaired) electrons. The van der Waals surface area contributed by atoms with Crippen molar-refractivity contribution in [2.24, 2.45) is 11.8 Å². The van der Waals surface area contributed by atoms with Crippen molar-refractivity contribution in [3.8, 4) is 5.75 Å². The van der Waals surface area contributed by atoms with Gasteiger partial charge in [-0.05, 0) is 24.8 Å². The number of rotatable bonds is 8. The first-order valence-electron chi connectivity index (χ1n) is 9.01. The molecule has 1 fully saturated rings. The number of nitrogen functional groups attached to an aromatic ring is 1. The Kier molecular flexibility index (Phi) is 9.33. The Morgan fingerprint density at radius 1 is 1.43 bits per heavy atom. The van der Waals surface area contributed by atoms with Crippen molar-refractivity contribution in [2.75, 3.05) is 43.6 Å². The molecule has 1 aliphatic heterocycles. The Labute approximate surface area is 178 Å². The van der Waals surface area contributed by atoms with Crippen LogP contribution in [0.1, 0.15) is 26.2 Å². The number of Topliss-reactive ketones (excluding diaryl/α,β-unsaturated/α-hetero) is 1. The van der Waals surface area contributed by atoms with E-state index < -0.39 is 10.0 Å². The number of nitrogens with two attached hydrogens (primary N) is 1. The van der Waals surface area contributed by atoms with E-state index in [4.69, 9.17) is 22.1 Å². The van der Waals surface area contributed by atoms with E-state index in [0.29, 0.717) is 55.4 Å². The Morgan fingerprint density at radius 3 is 2.68 bits per heavy atom. The fourth-order valence-electron chi connectivity index (χ4n) is 3.63. The minimum Gasteiger partial charge on any atom is -0.495 e. The third-order valence-corrected chi connectivity index (χ3v) is 6.07. The van der Waals surface area contributed by atoms with Gasteiger partial charge >= 0.3 is 0 Å². The zero-order valence-corrected chi connectivity index (χ0v) is 18.8. The van der Waals surface area contributed by atoms with E-state index >= 15 is 0 Å². The molecular formula is C18H29Cl2N3O4S. The average molecular weight is 454 g/mol. The van der Waals surface area contributed by atoms with E-state index in [1.165, 1.54) is 0 Å². The molecule has 10 heteroatoms. The quantitative estimate of drug-likeness (QED) is 0.586. The molecule has 0 bridgehead atoms. The van der Waals surface area contributed by atoms with E-state index in [2.05, 4.69) is 9.62 Å². The lowest BCUT2D eigenvalue weighted by Crippen LogP contribution is -2.44. The SMILES string of the molecule is CCC(=O)C1CCN(c2cc(Cl)c(N)cc2OC)CC1CCNS(C)(=O)=O.Cl. The molecule has 1 saturated heterocycles. The molecule has 160 valence electrons. The molecule has 28 heavy (non-hydrogen) atoms. The molecule has 0 amide bonds. The van der Waals surface area contributed by atoms with Crippen LogP contribution in [0.15, 0.2) is 12.1 Å². The zero-order chi connectivity index (χ0) is 20.2. The maximum Gasteiger partial charge on any atom is 0.208 e. The van der Waals surface area contributed by atoms with Crippen molar-refractivity contribution in [1.82, 2.24) is 4.72 Å². The van der Waals surface area contributed by atoms with Gasteiger partial charge in [-0.15, -0.1) is 12.4 Å². The second-order valence-corrected chi connectivity index (χ2v) is 9.16. The van der Waals surface area contributed by atoms with E-state index in [0.717, 1.165) is 11.9 Å². The molecule has 7 nitrogen and oxygen atoms in total. The van der Waals surface area contributed by atoms with Gasteiger partial charge in [0.1, 0.15) is 11.5 Å². The van der Waals surface area contributed by atoms with Gasteiger partial charge in [0.05, 0.1) is 29.8 Å². The molecule has 1 aliphatic rings. The fourth-order valence-corrected chi connectivity index (χ4v) is 4.28. The van der Waals surface area contributed by atoms with Crippen LogP contribution in [-0.2, 0) is 14.8 Å². The highest BCUT2D eigenvalue weighted by atomic mass is 35.5. The summed E-state index contributed by atoms with van der Waals surface area (Å²) in [7, 11) is -1.68. The predicted molar refractivity (Wildman–Crippen MR) is 116 cm³/mol. The van der Waals surface area contributed by atoms with Crippen LogP contribution in [0.25, 0.3) is 0 Å². The van der Waals surface area contributed by atoms with Crippen LogP contribution >= 0.6 is 24.0 Å². The van der Waals surface area contributed by atoms with Crippen LogP contribution in [0.2, 0.25) is 5.02 Å². The number of nitrogens with zero attached hydrogens (tertiary/aromatic N) is 1. The molecule has 2 unspecified atom stereocenters. The number of ketones is 1. The van der Waals surface area contributed by atoms with Gasteiger partial charge in [0.15, 0.2) is 0 Å². The van der Waals surface area contributed by atoms with Crippen LogP contribution in [0.5, 0.6) is 5.75 Å². The van der Waals surface area contributed by atoms with Gasteiger partial charge in [-0.1, -0.05) is 18.5 Å². The highest BCUT2D eigenvalue weighted by Gasteiger charge is 2.34. The monoisotopic (exact) mass is 453 g/mol. The number of piperidine rings is 1. The molecule has 0 spiro atoms. The number of hydrogen-bond donors (Lipinski definition) is 2. The van der Waals surface area contributed by atoms with Crippen LogP contribution in [0, 0.1) is 11.8 Å². The lowest BCUT2D eigenvalue weighted by atomic mass is 9.79. The number of anilines is 2. The van der Waals surface area contributed by atoms with Gasteiger partial charge in [-0.3, -0.25) is 4.79 Å². The topological polar surface area (TPSA) is 102 Å². The van der Waals surface area contributed by atoms with Crippen molar-refractivity contribution in [3.05, 3.63) is 17.2 Å². The Morgan fingerprint density at radius 2 is 2.11 bits per heavy atom. The number of nitrogens with one attached hydrogen (secondary N) is 1. The second-order valence-electron chi connectivity index (χ2n) is 6.92. The summed E-state index contributed by atoms with van der Waals surface area (Å²) in [6.07, 6.45) is 2.92. The summed E-state index contributed by atoms with van der Waals surface area (Å²) >= 11 is 6.20. The molecule has 2 atom stereocenters. The van der Waals surface area contributed by atoms with E-state index in [-0.39, 0.29) is 30.0 Å². The number of ether oxygens (including phenoxy) is 1.